The Balaban J connectivity index is 1.67. The summed E-state index contributed by atoms with van der Waals surface area (Å²) in [5, 5.41) is 4.23. The first-order valence-electron chi connectivity index (χ1n) is 7.19. The lowest BCUT2D eigenvalue weighted by molar-refractivity contribution is 0.316. The molecule has 1 aliphatic heterocycles. The standard InChI is InChI=1S/C16H20FN3O/c1-19-9-14(8-18-19)12-6-7-20(10-12)11-13-4-3-5-15(21-2)16(13)17/h3-5,8-9,12H,6-7,10-11H2,1-2H3. The molecule has 4 nitrogen and oxygen atoms in total. The molecular formula is C16H20FN3O. The summed E-state index contributed by atoms with van der Waals surface area (Å²) >= 11 is 0. The smallest absolute Gasteiger partial charge is 0.169 e. The van der Waals surface area contributed by atoms with E-state index in [1.807, 2.05) is 30.1 Å². The lowest BCUT2D eigenvalue weighted by atomic mass is 10.0. The largest absolute Gasteiger partial charge is 0.494 e. The molecule has 0 bridgehead atoms. The molecule has 1 fully saturated rings. The van der Waals surface area contributed by atoms with E-state index >= 15 is 0 Å². The number of hydrogen-bond acceptors (Lipinski definition) is 3. The first-order valence-corrected chi connectivity index (χ1v) is 7.19. The number of ether oxygens (including phenoxy) is 1. The van der Waals surface area contributed by atoms with Crippen molar-refractivity contribution in [3.05, 3.63) is 47.5 Å². The molecule has 0 spiro atoms. The number of nitrogens with zero attached hydrogens (tertiary/aromatic N) is 3. The third-order valence-corrected chi connectivity index (χ3v) is 4.13. The van der Waals surface area contributed by atoms with Crippen molar-refractivity contribution in [1.29, 1.82) is 0 Å². The van der Waals surface area contributed by atoms with Crippen LogP contribution in [0.5, 0.6) is 5.75 Å². The number of aromatic nitrogens is 2. The van der Waals surface area contributed by atoms with Crippen LogP contribution in [0.2, 0.25) is 0 Å². The second kappa shape index (κ2) is 5.85. The molecule has 0 saturated carbocycles. The Labute approximate surface area is 124 Å². The van der Waals surface area contributed by atoms with E-state index in [9.17, 15) is 4.39 Å². The van der Waals surface area contributed by atoms with E-state index in [0.29, 0.717) is 23.8 Å². The van der Waals surface area contributed by atoms with Gasteiger partial charge in [0.05, 0.1) is 13.3 Å². The maximum absolute atomic E-state index is 14.2. The van der Waals surface area contributed by atoms with Crippen LogP contribution >= 0.6 is 0 Å². The lowest BCUT2D eigenvalue weighted by Gasteiger charge is -2.17. The summed E-state index contributed by atoms with van der Waals surface area (Å²) in [6, 6.07) is 5.32. The van der Waals surface area contributed by atoms with Crippen LogP contribution in [0, 0.1) is 5.82 Å². The van der Waals surface area contributed by atoms with Crippen molar-refractivity contribution >= 4 is 0 Å². The molecule has 0 aliphatic carbocycles. The van der Waals surface area contributed by atoms with Crippen LogP contribution in [-0.2, 0) is 13.6 Å². The number of halogens is 1. The highest BCUT2D eigenvalue weighted by Gasteiger charge is 2.25. The van der Waals surface area contributed by atoms with Gasteiger partial charge in [0, 0.05) is 37.8 Å². The quantitative estimate of drug-likeness (QED) is 0.866. The fourth-order valence-electron chi connectivity index (χ4n) is 2.98. The van der Waals surface area contributed by atoms with Gasteiger partial charge in [0.2, 0.25) is 0 Å². The SMILES string of the molecule is COc1cccc(CN2CCC(c3cnn(C)c3)C2)c1F. The summed E-state index contributed by atoms with van der Waals surface area (Å²) in [6.07, 6.45) is 5.10. The summed E-state index contributed by atoms with van der Waals surface area (Å²) in [4.78, 5) is 2.29. The highest BCUT2D eigenvalue weighted by molar-refractivity contribution is 5.31. The highest BCUT2D eigenvalue weighted by atomic mass is 19.1. The van der Waals surface area contributed by atoms with Crippen molar-refractivity contribution in [2.75, 3.05) is 20.2 Å². The van der Waals surface area contributed by atoms with Crippen molar-refractivity contribution in [2.45, 2.75) is 18.9 Å². The third-order valence-electron chi connectivity index (χ3n) is 4.13. The Bertz CT molecular complexity index is 626. The van der Waals surface area contributed by atoms with Crippen LogP contribution in [0.15, 0.2) is 30.6 Å². The van der Waals surface area contributed by atoms with Gasteiger partial charge in [-0.15, -0.1) is 0 Å². The second-order valence-corrected chi connectivity index (χ2v) is 5.60. The summed E-state index contributed by atoms with van der Waals surface area (Å²) in [6.45, 7) is 2.55. The Morgan fingerprint density at radius 3 is 3.00 bits per heavy atom. The zero-order valence-corrected chi connectivity index (χ0v) is 12.4. The normalized spacial score (nSPS) is 19.1. The molecule has 5 heteroatoms. The number of likely N-dealkylation sites (tertiary alicyclic amines) is 1. The van der Waals surface area contributed by atoms with E-state index in [0.717, 1.165) is 19.5 Å². The third kappa shape index (κ3) is 2.93. The van der Waals surface area contributed by atoms with E-state index in [1.165, 1.54) is 12.7 Å². The zero-order valence-electron chi connectivity index (χ0n) is 12.4. The van der Waals surface area contributed by atoms with Gasteiger partial charge in [0.1, 0.15) is 0 Å². The molecule has 2 heterocycles. The van der Waals surface area contributed by atoms with Gasteiger partial charge >= 0.3 is 0 Å². The molecule has 1 unspecified atom stereocenters. The molecule has 0 radical (unpaired) electrons. The van der Waals surface area contributed by atoms with Crippen LogP contribution in [0.1, 0.15) is 23.5 Å². The number of aryl methyl sites for hydroxylation is 1. The minimum Gasteiger partial charge on any atom is -0.494 e. The molecule has 1 aromatic carbocycles. The molecule has 112 valence electrons. The fourth-order valence-corrected chi connectivity index (χ4v) is 2.98. The van der Waals surface area contributed by atoms with E-state index in [-0.39, 0.29) is 5.82 Å². The predicted molar refractivity (Wildman–Crippen MR) is 78.8 cm³/mol. The first kappa shape index (κ1) is 14.1. The molecule has 21 heavy (non-hydrogen) atoms. The molecular weight excluding hydrogens is 269 g/mol. The number of benzene rings is 1. The Morgan fingerprint density at radius 1 is 1.43 bits per heavy atom. The predicted octanol–water partition coefficient (Wildman–Crippen LogP) is 2.56. The molecule has 1 saturated heterocycles. The van der Waals surface area contributed by atoms with Gasteiger partial charge in [0.25, 0.3) is 0 Å². The molecule has 0 N–H and O–H groups in total. The zero-order chi connectivity index (χ0) is 14.8. The topological polar surface area (TPSA) is 30.3 Å². The molecule has 1 aromatic heterocycles. The van der Waals surface area contributed by atoms with Crippen LogP contribution in [0.25, 0.3) is 0 Å². The highest BCUT2D eigenvalue weighted by Crippen LogP contribution is 2.29. The van der Waals surface area contributed by atoms with Crippen molar-refractivity contribution in [3.8, 4) is 5.75 Å². The minimum absolute atomic E-state index is 0.246. The Morgan fingerprint density at radius 2 is 2.29 bits per heavy atom. The summed E-state index contributed by atoms with van der Waals surface area (Å²) in [5.74, 6) is 0.563. The van der Waals surface area contributed by atoms with Gasteiger partial charge in [-0.1, -0.05) is 12.1 Å². The summed E-state index contributed by atoms with van der Waals surface area (Å²) < 4.78 is 21.1. The number of hydrogen-bond donors (Lipinski definition) is 0. The van der Waals surface area contributed by atoms with Gasteiger partial charge in [-0.05, 0) is 24.6 Å². The van der Waals surface area contributed by atoms with E-state index in [2.05, 4.69) is 16.2 Å². The maximum atomic E-state index is 14.2. The molecule has 0 amide bonds. The van der Waals surface area contributed by atoms with Crippen molar-refractivity contribution < 1.29 is 9.13 Å². The molecule has 2 aromatic rings. The van der Waals surface area contributed by atoms with Crippen LogP contribution in [0.3, 0.4) is 0 Å². The van der Waals surface area contributed by atoms with Gasteiger partial charge in [0.15, 0.2) is 11.6 Å². The van der Waals surface area contributed by atoms with Crippen LogP contribution < -0.4 is 4.74 Å². The second-order valence-electron chi connectivity index (χ2n) is 5.60. The molecule has 1 aliphatic rings. The van der Waals surface area contributed by atoms with Gasteiger partial charge < -0.3 is 4.74 Å². The van der Waals surface area contributed by atoms with Gasteiger partial charge in [-0.25, -0.2) is 4.39 Å². The average Bonchev–Trinajstić information content (AvgIpc) is 3.10. The number of rotatable bonds is 4. The first-order chi connectivity index (χ1) is 10.2. The fraction of sp³-hybridized carbons (Fsp3) is 0.438. The summed E-state index contributed by atoms with van der Waals surface area (Å²) in [7, 11) is 3.43. The Hall–Kier alpha value is -1.88. The van der Waals surface area contributed by atoms with Gasteiger partial charge in [-0.3, -0.25) is 9.58 Å². The van der Waals surface area contributed by atoms with E-state index in [1.54, 1.807) is 6.07 Å². The van der Waals surface area contributed by atoms with Crippen molar-refractivity contribution in [1.82, 2.24) is 14.7 Å². The van der Waals surface area contributed by atoms with Gasteiger partial charge in [-0.2, -0.15) is 5.10 Å². The van der Waals surface area contributed by atoms with Crippen LogP contribution in [0.4, 0.5) is 4.39 Å². The van der Waals surface area contributed by atoms with Crippen molar-refractivity contribution in [3.63, 3.8) is 0 Å². The minimum atomic E-state index is -0.246. The average molecular weight is 289 g/mol. The summed E-state index contributed by atoms with van der Waals surface area (Å²) in [5.41, 5.74) is 1.97. The number of methoxy groups -OCH3 is 1. The maximum Gasteiger partial charge on any atom is 0.169 e. The van der Waals surface area contributed by atoms with Crippen molar-refractivity contribution in [2.24, 2.45) is 7.05 Å². The van der Waals surface area contributed by atoms with Crippen LogP contribution in [-0.4, -0.2) is 34.9 Å². The molecule has 3 rings (SSSR count). The molecule has 1 atom stereocenters. The van der Waals surface area contributed by atoms with E-state index in [4.69, 9.17) is 4.74 Å². The Kier molecular flexibility index (Phi) is 3.92. The monoisotopic (exact) mass is 289 g/mol. The lowest BCUT2D eigenvalue weighted by Crippen LogP contribution is -2.20. The van der Waals surface area contributed by atoms with E-state index < -0.39 is 0 Å².